The molecule has 2 aromatic carbocycles. The van der Waals surface area contributed by atoms with E-state index in [2.05, 4.69) is 5.32 Å². The first-order chi connectivity index (χ1) is 17.2. The molecule has 1 saturated heterocycles. The molecule has 1 aliphatic heterocycles. The van der Waals surface area contributed by atoms with Gasteiger partial charge in [0.05, 0.1) is 29.6 Å². The van der Waals surface area contributed by atoms with Crippen molar-refractivity contribution in [2.45, 2.75) is 65.1 Å². The Labute approximate surface area is 212 Å². The number of rotatable bonds is 8. The summed E-state index contributed by atoms with van der Waals surface area (Å²) in [6.07, 6.45) is 2.56. The van der Waals surface area contributed by atoms with Gasteiger partial charge in [0.2, 0.25) is 5.88 Å². The molecule has 1 N–H and O–H groups in total. The van der Waals surface area contributed by atoms with Crippen LogP contribution in [0, 0.1) is 5.82 Å². The number of nitrogens with zero attached hydrogens (tertiary/aromatic N) is 3. The Morgan fingerprint density at radius 1 is 1.19 bits per heavy atom. The number of aromatic nitrogens is 2. The number of para-hydroxylation sites is 1. The van der Waals surface area contributed by atoms with Crippen molar-refractivity contribution in [3.05, 3.63) is 71.7 Å². The lowest BCUT2D eigenvalue weighted by Crippen LogP contribution is -2.50. The summed E-state index contributed by atoms with van der Waals surface area (Å²) in [6, 6.07) is 15.4. The summed E-state index contributed by atoms with van der Waals surface area (Å²) in [5, 5.41) is 7.95. The minimum Gasteiger partial charge on any atom is -0.439 e. The van der Waals surface area contributed by atoms with Crippen molar-refractivity contribution in [2.75, 3.05) is 13.2 Å². The van der Waals surface area contributed by atoms with Gasteiger partial charge in [-0.2, -0.15) is 5.10 Å². The Balaban J connectivity index is 1.75. The molecule has 0 bridgehead atoms. The van der Waals surface area contributed by atoms with Crippen LogP contribution in [0.2, 0.25) is 0 Å². The molecule has 1 fully saturated rings. The number of benzene rings is 2. The van der Waals surface area contributed by atoms with Crippen LogP contribution in [-0.4, -0.2) is 45.5 Å². The molecule has 8 heteroatoms. The third kappa shape index (κ3) is 6.43. The monoisotopic (exact) mass is 494 g/mol. The first kappa shape index (κ1) is 25.7. The van der Waals surface area contributed by atoms with Gasteiger partial charge >= 0.3 is 6.03 Å². The molecule has 4 rings (SSSR count). The number of ether oxygens (including phenoxy) is 2. The first-order valence-electron chi connectivity index (χ1n) is 12.5. The maximum Gasteiger partial charge on any atom is 0.318 e. The van der Waals surface area contributed by atoms with E-state index in [1.54, 1.807) is 21.7 Å². The van der Waals surface area contributed by atoms with E-state index in [9.17, 15) is 9.18 Å². The molecule has 7 nitrogen and oxygen atoms in total. The minimum absolute atomic E-state index is 0.00794. The van der Waals surface area contributed by atoms with E-state index in [1.807, 2.05) is 58.0 Å². The topological polar surface area (TPSA) is 68.6 Å². The van der Waals surface area contributed by atoms with E-state index in [-0.39, 0.29) is 23.5 Å². The van der Waals surface area contributed by atoms with Crippen LogP contribution in [-0.2, 0) is 17.7 Å². The highest BCUT2D eigenvalue weighted by atomic mass is 19.1. The second kappa shape index (κ2) is 11.1. The number of urea groups is 1. The molecule has 0 radical (unpaired) electrons. The van der Waals surface area contributed by atoms with Crippen LogP contribution in [0.1, 0.15) is 51.8 Å². The van der Waals surface area contributed by atoms with Gasteiger partial charge < -0.3 is 19.7 Å². The summed E-state index contributed by atoms with van der Waals surface area (Å²) >= 11 is 0. The van der Waals surface area contributed by atoms with E-state index in [0.717, 1.165) is 29.8 Å². The van der Waals surface area contributed by atoms with Crippen LogP contribution < -0.4 is 10.1 Å². The summed E-state index contributed by atoms with van der Waals surface area (Å²) < 4.78 is 27.5. The molecule has 0 spiro atoms. The largest absolute Gasteiger partial charge is 0.439 e. The average molecular weight is 495 g/mol. The summed E-state index contributed by atoms with van der Waals surface area (Å²) in [7, 11) is 0. The zero-order chi connectivity index (χ0) is 25.7. The van der Waals surface area contributed by atoms with Crippen molar-refractivity contribution in [2.24, 2.45) is 0 Å². The van der Waals surface area contributed by atoms with Gasteiger partial charge in [-0.25, -0.2) is 13.9 Å². The second-order valence-corrected chi connectivity index (χ2v) is 10.1. The molecule has 2 heterocycles. The molecule has 3 aromatic rings. The fourth-order valence-corrected chi connectivity index (χ4v) is 4.23. The zero-order valence-electron chi connectivity index (χ0n) is 21.5. The average Bonchev–Trinajstić information content (AvgIpc) is 3.48. The molecule has 1 atom stereocenters. The highest BCUT2D eigenvalue weighted by molar-refractivity contribution is 5.75. The Kier molecular flexibility index (Phi) is 7.94. The van der Waals surface area contributed by atoms with Crippen molar-refractivity contribution < 1.29 is 18.7 Å². The Hall–Kier alpha value is -3.39. The molecule has 1 aromatic heterocycles. The fraction of sp³-hybridized carbons (Fsp3) is 0.429. The van der Waals surface area contributed by atoms with Crippen molar-refractivity contribution in [1.82, 2.24) is 20.0 Å². The fourth-order valence-electron chi connectivity index (χ4n) is 4.23. The first-order valence-corrected chi connectivity index (χ1v) is 12.5. The van der Waals surface area contributed by atoms with Crippen LogP contribution in [0.25, 0.3) is 5.69 Å². The third-order valence-electron chi connectivity index (χ3n) is 5.95. The summed E-state index contributed by atoms with van der Waals surface area (Å²) in [6.45, 7) is 9.40. The quantitative estimate of drug-likeness (QED) is 0.426. The molecular formula is C28H35FN4O3. The number of hydrogen-bond donors (Lipinski definition) is 1. The number of halogens is 1. The van der Waals surface area contributed by atoms with Gasteiger partial charge in [0.15, 0.2) is 0 Å². The number of aryl methyl sites for hydroxylation is 1. The van der Waals surface area contributed by atoms with Crippen molar-refractivity contribution >= 4 is 6.03 Å². The SMILES string of the molecule is CCc1nn(-c2ccccc2)c(Oc2ccc(F)cc2)c1CN(CC1CCCO1)C(=O)NC(C)(C)C. The maximum absolute atomic E-state index is 13.6. The van der Waals surface area contributed by atoms with Crippen LogP contribution in [0.3, 0.4) is 0 Å². The summed E-state index contributed by atoms with van der Waals surface area (Å²) in [4.78, 5) is 15.2. The third-order valence-corrected chi connectivity index (χ3v) is 5.95. The second-order valence-electron chi connectivity index (χ2n) is 10.1. The number of carbonyl (C=O) groups excluding carboxylic acids is 1. The lowest BCUT2D eigenvalue weighted by molar-refractivity contribution is 0.0779. The molecular weight excluding hydrogens is 459 g/mol. The van der Waals surface area contributed by atoms with E-state index >= 15 is 0 Å². The molecule has 0 aliphatic carbocycles. The van der Waals surface area contributed by atoms with Gasteiger partial charge in [-0.15, -0.1) is 0 Å². The molecule has 36 heavy (non-hydrogen) atoms. The Morgan fingerprint density at radius 3 is 2.53 bits per heavy atom. The lowest BCUT2D eigenvalue weighted by atomic mass is 10.1. The maximum atomic E-state index is 13.6. The lowest BCUT2D eigenvalue weighted by Gasteiger charge is -2.30. The van der Waals surface area contributed by atoms with Crippen molar-refractivity contribution in [1.29, 1.82) is 0 Å². The van der Waals surface area contributed by atoms with Gasteiger partial charge in [0, 0.05) is 18.7 Å². The number of nitrogens with one attached hydrogen (secondary N) is 1. The van der Waals surface area contributed by atoms with Crippen LogP contribution in [0.15, 0.2) is 54.6 Å². The number of carbonyl (C=O) groups is 1. The predicted octanol–water partition coefficient (Wildman–Crippen LogP) is 5.86. The molecule has 192 valence electrons. The smallest absolute Gasteiger partial charge is 0.318 e. The summed E-state index contributed by atoms with van der Waals surface area (Å²) in [5.41, 5.74) is 2.09. The highest BCUT2D eigenvalue weighted by Gasteiger charge is 2.29. The van der Waals surface area contributed by atoms with Crippen LogP contribution in [0.4, 0.5) is 9.18 Å². The summed E-state index contributed by atoms with van der Waals surface area (Å²) in [5.74, 6) is 0.655. The van der Waals surface area contributed by atoms with Gasteiger partial charge in [-0.1, -0.05) is 25.1 Å². The molecule has 0 saturated carbocycles. The normalized spacial score (nSPS) is 15.6. The number of amides is 2. The van der Waals surface area contributed by atoms with Crippen LogP contribution in [0.5, 0.6) is 11.6 Å². The van der Waals surface area contributed by atoms with Gasteiger partial charge in [-0.05, 0) is 76.4 Å². The standard InChI is InChI=1S/C28H35FN4O3/c1-5-25-24(19-32(18-23-12-9-17-35-23)27(34)30-28(2,3)4)26(36-22-15-13-20(29)14-16-22)33(31-25)21-10-7-6-8-11-21/h6-8,10-11,13-16,23H,5,9,12,17-19H2,1-4H3,(H,30,34). The number of hydrogen-bond acceptors (Lipinski definition) is 4. The van der Waals surface area contributed by atoms with E-state index in [0.29, 0.717) is 37.7 Å². The van der Waals surface area contributed by atoms with E-state index < -0.39 is 0 Å². The zero-order valence-corrected chi connectivity index (χ0v) is 21.5. The van der Waals surface area contributed by atoms with Gasteiger partial charge in [0.1, 0.15) is 11.6 Å². The predicted molar refractivity (Wildman–Crippen MR) is 137 cm³/mol. The molecule has 2 amide bonds. The molecule has 1 unspecified atom stereocenters. The van der Waals surface area contributed by atoms with Gasteiger partial charge in [0.25, 0.3) is 0 Å². The minimum atomic E-state index is -0.388. The van der Waals surface area contributed by atoms with Crippen molar-refractivity contribution in [3.8, 4) is 17.3 Å². The van der Waals surface area contributed by atoms with Crippen molar-refractivity contribution in [3.63, 3.8) is 0 Å². The highest BCUT2D eigenvalue weighted by Crippen LogP contribution is 2.33. The Morgan fingerprint density at radius 2 is 1.92 bits per heavy atom. The molecule has 1 aliphatic rings. The van der Waals surface area contributed by atoms with Crippen LogP contribution >= 0.6 is 0 Å². The van der Waals surface area contributed by atoms with E-state index in [1.165, 1.54) is 12.1 Å². The van der Waals surface area contributed by atoms with E-state index in [4.69, 9.17) is 14.6 Å². The van der Waals surface area contributed by atoms with Gasteiger partial charge in [-0.3, -0.25) is 0 Å². The Bertz CT molecular complexity index is 1150.